The van der Waals surface area contributed by atoms with Crippen molar-refractivity contribution in [2.24, 2.45) is 0 Å². The van der Waals surface area contributed by atoms with Crippen LogP contribution in [-0.4, -0.2) is 33.4 Å². The van der Waals surface area contributed by atoms with E-state index >= 15 is 0 Å². The standard InChI is InChI=1S/C15H16ClNO3S/c1-9-3-4-10(16)12(7-9)20-14(19)11-8-21-15(2)6-5-13(18)17(11)15/h3-4,7,11H,5-6,8H2,1-2H3/t11-,15+/m1/s1. The number of aryl methyl sites for hydroxylation is 1. The van der Waals surface area contributed by atoms with Crippen molar-refractivity contribution in [1.29, 1.82) is 0 Å². The number of fused-ring (bicyclic) bond motifs is 1. The lowest BCUT2D eigenvalue weighted by atomic mass is 10.2. The highest BCUT2D eigenvalue weighted by Gasteiger charge is 2.53. The molecule has 0 aromatic heterocycles. The smallest absolute Gasteiger partial charge is 0.335 e. The van der Waals surface area contributed by atoms with Crippen LogP contribution >= 0.6 is 23.4 Å². The van der Waals surface area contributed by atoms with Crippen LogP contribution in [0.15, 0.2) is 18.2 Å². The van der Waals surface area contributed by atoms with E-state index in [0.717, 1.165) is 12.0 Å². The minimum Gasteiger partial charge on any atom is -0.423 e. The normalized spacial score (nSPS) is 27.9. The fourth-order valence-electron chi connectivity index (χ4n) is 2.86. The third-order valence-corrected chi connectivity index (χ3v) is 5.83. The second kappa shape index (κ2) is 5.21. The van der Waals surface area contributed by atoms with Gasteiger partial charge in [0.15, 0.2) is 0 Å². The molecule has 1 amide bonds. The summed E-state index contributed by atoms with van der Waals surface area (Å²) < 4.78 is 5.43. The average molecular weight is 326 g/mol. The van der Waals surface area contributed by atoms with Crippen molar-refractivity contribution in [3.8, 4) is 5.75 Å². The highest BCUT2D eigenvalue weighted by atomic mass is 35.5. The number of halogens is 1. The van der Waals surface area contributed by atoms with Gasteiger partial charge in [-0.05, 0) is 38.0 Å². The Morgan fingerprint density at radius 3 is 3.05 bits per heavy atom. The number of carbonyl (C=O) groups excluding carboxylic acids is 2. The molecule has 0 saturated carbocycles. The van der Waals surface area contributed by atoms with Crippen LogP contribution in [0.1, 0.15) is 25.3 Å². The summed E-state index contributed by atoms with van der Waals surface area (Å²) in [6, 6.07) is 4.76. The van der Waals surface area contributed by atoms with E-state index < -0.39 is 12.0 Å². The van der Waals surface area contributed by atoms with Crippen LogP contribution in [0.25, 0.3) is 0 Å². The number of carbonyl (C=O) groups is 2. The lowest BCUT2D eigenvalue weighted by Gasteiger charge is -2.29. The van der Waals surface area contributed by atoms with Crippen LogP contribution in [0.4, 0.5) is 0 Å². The number of hydrogen-bond donors (Lipinski definition) is 0. The predicted molar refractivity (Wildman–Crippen MR) is 82.6 cm³/mol. The Kier molecular flexibility index (Phi) is 3.66. The van der Waals surface area contributed by atoms with Crippen molar-refractivity contribution in [2.45, 2.75) is 37.6 Å². The zero-order chi connectivity index (χ0) is 15.2. The molecule has 0 bridgehead atoms. The highest BCUT2D eigenvalue weighted by Crippen LogP contribution is 2.47. The molecule has 2 saturated heterocycles. The third-order valence-electron chi connectivity index (χ3n) is 4.01. The summed E-state index contributed by atoms with van der Waals surface area (Å²) in [7, 11) is 0. The zero-order valence-corrected chi connectivity index (χ0v) is 13.5. The first-order chi connectivity index (χ1) is 9.90. The molecule has 2 aliphatic rings. The van der Waals surface area contributed by atoms with Gasteiger partial charge in [0, 0.05) is 12.2 Å². The number of ether oxygens (including phenoxy) is 1. The first-order valence-electron chi connectivity index (χ1n) is 6.85. The third kappa shape index (κ3) is 2.53. The monoisotopic (exact) mass is 325 g/mol. The first kappa shape index (κ1) is 14.7. The summed E-state index contributed by atoms with van der Waals surface area (Å²) in [5.74, 6) is 0.547. The van der Waals surface area contributed by atoms with Gasteiger partial charge in [-0.15, -0.1) is 11.8 Å². The van der Waals surface area contributed by atoms with Gasteiger partial charge in [-0.1, -0.05) is 17.7 Å². The van der Waals surface area contributed by atoms with Gasteiger partial charge >= 0.3 is 5.97 Å². The molecule has 1 aromatic carbocycles. The number of nitrogens with zero attached hydrogens (tertiary/aromatic N) is 1. The lowest BCUT2D eigenvalue weighted by Crippen LogP contribution is -2.47. The summed E-state index contributed by atoms with van der Waals surface area (Å²) in [5, 5.41) is 0.398. The summed E-state index contributed by atoms with van der Waals surface area (Å²) in [4.78, 5) is 25.9. The van der Waals surface area contributed by atoms with Crippen molar-refractivity contribution < 1.29 is 14.3 Å². The Hall–Kier alpha value is -1.20. The fraction of sp³-hybridized carbons (Fsp3) is 0.467. The molecular formula is C15H16ClNO3S. The maximum atomic E-state index is 12.4. The van der Waals surface area contributed by atoms with Crippen LogP contribution in [0.3, 0.4) is 0 Å². The second-order valence-electron chi connectivity index (χ2n) is 5.62. The fourth-order valence-corrected chi connectivity index (χ4v) is 4.43. The maximum absolute atomic E-state index is 12.4. The predicted octanol–water partition coefficient (Wildman–Crippen LogP) is 3.01. The molecule has 0 aliphatic carbocycles. The van der Waals surface area contributed by atoms with Gasteiger partial charge in [-0.25, -0.2) is 4.79 Å². The number of thioether (sulfide) groups is 1. The summed E-state index contributed by atoms with van der Waals surface area (Å²) in [6.45, 7) is 3.91. The number of benzene rings is 1. The summed E-state index contributed by atoms with van der Waals surface area (Å²) >= 11 is 7.70. The van der Waals surface area contributed by atoms with Crippen molar-refractivity contribution in [3.05, 3.63) is 28.8 Å². The molecule has 2 fully saturated rings. The van der Waals surface area contributed by atoms with Gasteiger partial charge in [0.2, 0.25) is 5.91 Å². The van der Waals surface area contributed by atoms with Gasteiger partial charge < -0.3 is 9.64 Å². The summed E-state index contributed by atoms with van der Waals surface area (Å²) in [6.07, 6.45) is 1.28. The minimum atomic E-state index is -0.522. The van der Waals surface area contributed by atoms with Gasteiger partial charge in [0.25, 0.3) is 0 Å². The molecule has 0 unspecified atom stereocenters. The van der Waals surface area contributed by atoms with Gasteiger partial charge in [-0.2, -0.15) is 0 Å². The van der Waals surface area contributed by atoms with E-state index in [1.807, 2.05) is 19.9 Å². The van der Waals surface area contributed by atoms with Crippen molar-refractivity contribution in [3.63, 3.8) is 0 Å². The molecule has 2 heterocycles. The molecule has 1 aromatic rings. The SMILES string of the molecule is Cc1ccc(Cl)c(OC(=O)[C@H]2CS[C@@]3(C)CCC(=O)N23)c1. The Labute approximate surface area is 132 Å². The van der Waals surface area contributed by atoms with E-state index in [4.69, 9.17) is 16.3 Å². The van der Waals surface area contributed by atoms with E-state index in [0.29, 0.717) is 22.9 Å². The quantitative estimate of drug-likeness (QED) is 0.619. The zero-order valence-electron chi connectivity index (χ0n) is 11.9. The van der Waals surface area contributed by atoms with Gasteiger partial charge in [0.1, 0.15) is 11.8 Å². The number of esters is 1. The van der Waals surface area contributed by atoms with Crippen molar-refractivity contribution in [1.82, 2.24) is 4.90 Å². The van der Waals surface area contributed by atoms with Crippen molar-refractivity contribution in [2.75, 3.05) is 5.75 Å². The van der Waals surface area contributed by atoms with E-state index in [1.165, 1.54) is 0 Å². The molecule has 3 rings (SSSR count). The topological polar surface area (TPSA) is 46.6 Å². The Balaban J connectivity index is 1.80. The molecule has 0 radical (unpaired) electrons. The first-order valence-corrected chi connectivity index (χ1v) is 8.21. The maximum Gasteiger partial charge on any atom is 0.335 e. The molecule has 2 aliphatic heterocycles. The molecule has 4 nitrogen and oxygen atoms in total. The number of rotatable bonds is 2. The van der Waals surface area contributed by atoms with Gasteiger partial charge in [-0.3, -0.25) is 4.79 Å². The Morgan fingerprint density at radius 2 is 2.29 bits per heavy atom. The molecule has 2 atom stereocenters. The molecule has 0 spiro atoms. The summed E-state index contributed by atoms with van der Waals surface area (Å²) in [5.41, 5.74) is 0.963. The lowest BCUT2D eigenvalue weighted by molar-refractivity contribution is -0.146. The average Bonchev–Trinajstić information content (AvgIpc) is 2.91. The molecular weight excluding hydrogens is 310 g/mol. The van der Waals surface area contributed by atoms with Gasteiger partial charge in [0.05, 0.1) is 9.89 Å². The van der Waals surface area contributed by atoms with Crippen molar-refractivity contribution >= 4 is 35.2 Å². The van der Waals surface area contributed by atoms with Crippen LogP contribution in [0.5, 0.6) is 5.75 Å². The molecule has 112 valence electrons. The van der Waals surface area contributed by atoms with Crippen LogP contribution in [0, 0.1) is 6.92 Å². The molecule has 21 heavy (non-hydrogen) atoms. The Bertz CT molecular complexity index is 621. The number of amides is 1. The molecule has 6 heteroatoms. The van der Waals surface area contributed by atoms with E-state index in [9.17, 15) is 9.59 Å². The Morgan fingerprint density at radius 1 is 1.52 bits per heavy atom. The minimum absolute atomic E-state index is 0.0276. The van der Waals surface area contributed by atoms with E-state index in [2.05, 4.69) is 0 Å². The largest absolute Gasteiger partial charge is 0.423 e. The van der Waals surface area contributed by atoms with Crippen LogP contribution < -0.4 is 4.74 Å². The highest BCUT2D eigenvalue weighted by molar-refractivity contribution is 8.01. The second-order valence-corrected chi connectivity index (χ2v) is 7.53. The number of hydrogen-bond acceptors (Lipinski definition) is 4. The van der Waals surface area contributed by atoms with Crippen LogP contribution in [-0.2, 0) is 9.59 Å². The van der Waals surface area contributed by atoms with E-state index in [-0.39, 0.29) is 10.8 Å². The van der Waals surface area contributed by atoms with E-state index in [1.54, 1.807) is 28.8 Å². The van der Waals surface area contributed by atoms with Crippen LogP contribution in [0.2, 0.25) is 5.02 Å². The molecule has 0 N–H and O–H groups in total.